The van der Waals surface area contributed by atoms with Gasteiger partial charge in [0, 0.05) is 5.54 Å². The smallest absolute Gasteiger partial charge is 0.232 e. The van der Waals surface area contributed by atoms with Crippen LogP contribution in [0.3, 0.4) is 0 Å². The molecule has 2 nitrogen and oxygen atoms in total. The maximum atomic E-state index is 12.8. The summed E-state index contributed by atoms with van der Waals surface area (Å²) in [4.78, 5) is 12.8. The van der Waals surface area contributed by atoms with E-state index in [0.717, 1.165) is 17.5 Å². The average Bonchev–Trinajstić information content (AvgIpc) is 2.81. The monoisotopic (exact) mass is 279 g/mol. The van der Waals surface area contributed by atoms with Gasteiger partial charge in [0.15, 0.2) is 0 Å². The summed E-state index contributed by atoms with van der Waals surface area (Å²) in [5.74, 6) is -0.0949. The van der Waals surface area contributed by atoms with E-state index < -0.39 is 0 Å². The molecule has 0 spiro atoms. The zero-order valence-corrected chi connectivity index (χ0v) is 12.8. The van der Waals surface area contributed by atoms with Gasteiger partial charge in [-0.3, -0.25) is 4.79 Å². The first-order valence-electron chi connectivity index (χ1n) is 7.54. The Kier molecular flexibility index (Phi) is 3.32. The maximum absolute atomic E-state index is 12.8. The maximum Gasteiger partial charge on any atom is 0.232 e. The van der Waals surface area contributed by atoms with Gasteiger partial charge in [-0.25, -0.2) is 0 Å². The van der Waals surface area contributed by atoms with E-state index >= 15 is 0 Å². The Hall–Kier alpha value is -2.09. The van der Waals surface area contributed by atoms with Crippen LogP contribution in [0, 0.1) is 0 Å². The molecular weight excluding hydrogens is 258 g/mol. The van der Waals surface area contributed by atoms with E-state index in [1.807, 2.05) is 24.3 Å². The molecule has 2 aromatic carbocycles. The molecule has 0 aliphatic heterocycles. The number of benzene rings is 2. The molecule has 3 rings (SSSR count). The number of amides is 1. The predicted molar refractivity (Wildman–Crippen MR) is 86.2 cm³/mol. The Bertz CT molecular complexity index is 642. The summed E-state index contributed by atoms with van der Waals surface area (Å²) in [5, 5.41) is 3.19. The minimum atomic E-state index is -0.191. The van der Waals surface area contributed by atoms with Crippen LogP contribution in [0.2, 0.25) is 0 Å². The zero-order valence-electron chi connectivity index (χ0n) is 12.8. The highest BCUT2D eigenvalue weighted by atomic mass is 16.2. The average molecular weight is 279 g/mol. The molecule has 2 aromatic rings. The number of hydrogen-bond acceptors (Lipinski definition) is 1. The second-order valence-corrected chi connectivity index (χ2v) is 6.33. The molecule has 0 radical (unpaired) electrons. The van der Waals surface area contributed by atoms with Gasteiger partial charge in [-0.1, -0.05) is 55.5 Å². The van der Waals surface area contributed by atoms with Crippen LogP contribution >= 0.6 is 0 Å². The molecule has 0 fully saturated rings. The largest absolute Gasteiger partial charge is 0.350 e. The fraction of sp³-hybridized carbons (Fsp3) is 0.316. The van der Waals surface area contributed by atoms with Gasteiger partial charge in [-0.15, -0.1) is 0 Å². The van der Waals surface area contributed by atoms with Gasteiger partial charge in [0.05, 0.1) is 5.92 Å². The Morgan fingerprint density at radius 1 is 1.00 bits per heavy atom. The number of carbonyl (C=O) groups is 1. The van der Waals surface area contributed by atoms with E-state index in [-0.39, 0.29) is 17.4 Å². The summed E-state index contributed by atoms with van der Waals surface area (Å²) in [6, 6.07) is 16.4. The lowest BCUT2D eigenvalue weighted by molar-refractivity contribution is -0.123. The van der Waals surface area contributed by atoms with E-state index in [9.17, 15) is 4.79 Å². The van der Waals surface area contributed by atoms with Crippen molar-refractivity contribution in [3.8, 4) is 11.1 Å². The Balaban J connectivity index is 2.05. The van der Waals surface area contributed by atoms with E-state index in [4.69, 9.17) is 0 Å². The van der Waals surface area contributed by atoms with Gasteiger partial charge in [0.25, 0.3) is 0 Å². The minimum Gasteiger partial charge on any atom is -0.350 e. The lowest BCUT2D eigenvalue weighted by Gasteiger charge is -2.27. The summed E-state index contributed by atoms with van der Waals surface area (Å²) in [6.45, 7) is 6.23. The number of fused-ring (bicyclic) bond motifs is 3. The van der Waals surface area contributed by atoms with Gasteiger partial charge in [-0.05, 0) is 42.5 Å². The number of nitrogens with one attached hydrogen (secondary N) is 1. The molecule has 0 saturated carbocycles. The molecule has 0 atom stereocenters. The molecule has 1 N–H and O–H groups in total. The van der Waals surface area contributed by atoms with E-state index in [0.29, 0.717) is 0 Å². The van der Waals surface area contributed by atoms with Crippen LogP contribution in [-0.2, 0) is 4.79 Å². The van der Waals surface area contributed by atoms with Crippen molar-refractivity contribution in [2.75, 3.05) is 0 Å². The topological polar surface area (TPSA) is 29.1 Å². The highest BCUT2D eigenvalue weighted by Crippen LogP contribution is 2.44. The van der Waals surface area contributed by atoms with Crippen molar-refractivity contribution in [3.05, 3.63) is 59.7 Å². The predicted octanol–water partition coefficient (Wildman–Crippen LogP) is 4.10. The van der Waals surface area contributed by atoms with Crippen molar-refractivity contribution in [1.29, 1.82) is 0 Å². The van der Waals surface area contributed by atoms with Crippen LogP contribution in [-0.4, -0.2) is 11.4 Å². The Labute approximate surface area is 126 Å². The van der Waals surface area contributed by atoms with Crippen molar-refractivity contribution < 1.29 is 4.79 Å². The Morgan fingerprint density at radius 2 is 1.48 bits per heavy atom. The van der Waals surface area contributed by atoms with E-state index in [2.05, 4.69) is 50.4 Å². The van der Waals surface area contributed by atoms with Crippen molar-refractivity contribution in [1.82, 2.24) is 5.32 Å². The highest BCUT2D eigenvalue weighted by molar-refractivity contribution is 5.96. The fourth-order valence-corrected chi connectivity index (χ4v) is 2.93. The molecule has 21 heavy (non-hydrogen) atoms. The van der Waals surface area contributed by atoms with Crippen LogP contribution in [0.25, 0.3) is 11.1 Å². The molecule has 1 aliphatic rings. The molecular formula is C19H21NO. The molecule has 0 aromatic heterocycles. The number of rotatable bonds is 3. The molecule has 108 valence electrons. The molecule has 0 saturated heterocycles. The lowest BCUT2D eigenvalue weighted by Crippen LogP contribution is -2.45. The third-order valence-electron chi connectivity index (χ3n) is 4.44. The first kappa shape index (κ1) is 13.9. The lowest BCUT2D eigenvalue weighted by atomic mass is 9.93. The summed E-state index contributed by atoms with van der Waals surface area (Å²) < 4.78 is 0. The SMILES string of the molecule is CCC(C)(C)NC(=O)C1c2ccccc2-c2ccccc21. The van der Waals surface area contributed by atoms with Crippen molar-refractivity contribution >= 4 is 5.91 Å². The van der Waals surface area contributed by atoms with Gasteiger partial charge >= 0.3 is 0 Å². The van der Waals surface area contributed by atoms with E-state index in [1.54, 1.807) is 0 Å². The first-order chi connectivity index (χ1) is 10.0. The Morgan fingerprint density at radius 3 is 1.95 bits per heavy atom. The van der Waals surface area contributed by atoms with Crippen LogP contribution in [0.15, 0.2) is 48.5 Å². The number of carbonyl (C=O) groups excluding carboxylic acids is 1. The zero-order chi connectivity index (χ0) is 15.0. The van der Waals surface area contributed by atoms with Crippen LogP contribution < -0.4 is 5.32 Å². The molecule has 0 bridgehead atoms. The standard InChI is InChI=1S/C19H21NO/c1-4-19(2,3)20-18(21)17-15-11-7-5-9-13(15)14-10-6-8-12-16(14)17/h5-12,17H,4H2,1-3H3,(H,20,21). The summed E-state index contributed by atoms with van der Waals surface area (Å²) >= 11 is 0. The van der Waals surface area contributed by atoms with Crippen LogP contribution in [0.1, 0.15) is 44.2 Å². The minimum absolute atomic E-state index is 0.0965. The van der Waals surface area contributed by atoms with Crippen molar-refractivity contribution in [3.63, 3.8) is 0 Å². The third kappa shape index (κ3) is 2.35. The van der Waals surface area contributed by atoms with E-state index in [1.165, 1.54) is 11.1 Å². The van der Waals surface area contributed by atoms with Crippen molar-refractivity contribution in [2.45, 2.75) is 38.6 Å². The second kappa shape index (κ2) is 5.03. The second-order valence-electron chi connectivity index (χ2n) is 6.33. The highest BCUT2D eigenvalue weighted by Gasteiger charge is 2.35. The normalized spacial score (nSPS) is 13.7. The van der Waals surface area contributed by atoms with Gasteiger partial charge < -0.3 is 5.32 Å². The fourth-order valence-electron chi connectivity index (χ4n) is 2.93. The van der Waals surface area contributed by atoms with Gasteiger partial charge in [0.1, 0.15) is 0 Å². The quantitative estimate of drug-likeness (QED) is 0.900. The van der Waals surface area contributed by atoms with Crippen LogP contribution in [0.5, 0.6) is 0 Å². The van der Waals surface area contributed by atoms with Gasteiger partial charge in [0.2, 0.25) is 5.91 Å². The molecule has 2 heteroatoms. The molecule has 0 unspecified atom stereocenters. The molecule has 1 aliphatic carbocycles. The summed E-state index contributed by atoms with van der Waals surface area (Å²) in [7, 11) is 0. The van der Waals surface area contributed by atoms with Crippen molar-refractivity contribution in [2.24, 2.45) is 0 Å². The summed E-state index contributed by atoms with van der Waals surface area (Å²) in [5.41, 5.74) is 4.42. The molecule has 0 heterocycles. The summed E-state index contributed by atoms with van der Waals surface area (Å²) in [6.07, 6.45) is 0.911. The van der Waals surface area contributed by atoms with Gasteiger partial charge in [-0.2, -0.15) is 0 Å². The van der Waals surface area contributed by atoms with Crippen LogP contribution in [0.4, 0.5) is 0 Å². The number of hydrogen-bond donors (Lipinski definition) is 1. The third-order valence-corrected chi connectivity index (χ3v) is 4.44. The first-order valence-corrected chi connectivity index (χ1v) is 7.54. The molecule has 1 amide bonds.